The smallest absolute Gasteiger partial charge is 0.430 e. The Labute approximate surface area is 293 Å². The Morgan fingerprint density at radius 1 is 1.02 bits per heavy atom. The van der Waals surface area contributed by atoms with Crippen molar-refractivity contribution in [2.45, 2.75) is 64.0 Å². The number of carbonyl (C=O) groups is 4. The molecular weight excluding hydrogens is 681 g/mol. The van der Waals surface area contributed by atoms with Crippen molar-refractivity contribution < 1.29 is 51.8 Å². The Kier molecular flexibility index (Phi) is 13.6. The first-order valence-electron chi connectivity index (χ1n) is 15.7. The number of primary amides is 1. The van der Waals surface area contributed by atoms with Gasteiger partial charge in [-0.2, -0.15) is 13.2 Å². The lowest BCUT2D eigenvalue weighted by Gasteiger charge is -2.46. The highest BCUT2D eigenvalue weighted by molar-refractivity contribution is 6.30. The van der Waals surface area contributed by atoms with E-state index in [0.717, 1.165) is 30.6 Å². The zero-order valence-electron chi connectivity index (χ0n) is 27.8. The van der Waals surface area contributed by atoms with E-state index in [4.69, 9.17) is 32.0 Å². The number of carboxylic acids is 1. The van der Waals surface area contributed by atoms with Gasteiger partial charge in [0.15, 0.2) is 0 Å². The van der Waals surface area contributed by atoms with Gasteiger partial charge < -0.3 is 40.2 Å². The van der Waals surface area contributed by atoms with Crippen LogP contribution in [0.5, 0.6) is 5.75 Å². The molecule has 270 valence electrons. The van der Waals surface area contributed by atoms with Gasteiger partial charge in [0.1, 0.15) is 24.3 Å². The third kappa shape index (κ3) is 11.9. The summed E-state index contributed by atoms with van der Waals surface area (Å²) in [6, 6.07) is 19.1. The molecule has 0 bridgehead atoms. The average molecular weight is 721 g/mol. The molecule has 1 fully saturated rings. The van der Waals surface area contributed by atoms with Gasteiger partial charge in [-0.3, -0.25) is 4.79 Å². The van der Waals surface area contributed by atoms with Crippen LogP contribution in [0.2, 0.25) is 5.02 Å². The standard InChI is InChI=1S/C33H39ClN4O5.C2HF3O2/c1-22(2)43-32(41)25-10-14-27(15-11-25)36-33(42)37(30(31(35)40)19-23-8-16-29(39)17-9-23)28-5-4-18-38(3,21-28)20-24-6-12-26(34)13-7-24;3-2(4,5)1(6)7/h6-17,22,28,30H,4-5,18-21H2,1-3H3,(H3-,35,36,39,40,41,42);(H,6,7)/t28-,30+,38?;/m1./s1. The summed E-state index contributed by atoms with van der Waals surface area (Å²) in [7, 11) is 2.16. The number of esters is 1. The highest BCUT2D eigenvalue weighted by Crippen LogP contribution is 2.28. The predicted octanol–water partition coefficient (Wildman–Crippen LogP) is 4.65. The van der Waals surface area contributed by atoms with E-state index in [1.54, 1.807) is 67.3 Å². The van der Waals surface area contributed by atoms with Crippen molar-refractivity contribution in [3.8, 4) is 5.75 Å². The first-order valence-corrected chi connectivity index (χ1v) is 16.1. The highest BCUT2D eigenvalue weighted by atomic mass is 35.5. The van der Waals surface area contributed by atoms with Gasteiger partial charge in [-0.05, 0) is 80.8 Å². The van der Waals surface area contributed by atoms with E-state index < -0.39 is 36.1 Å². The van der Waals surface area contributed by atoms with Crippen LogP contribution in [0.1, 0.15) is 48.2 Å². The lowest BCUT2D eigenvalue weighted by Crippen LogP contribution is -2.62. The summed E-state index contributed by atoms with van der Waals surface area (Å²) < 4.78 is 37.5. The minimum Gasteiger partial charge on any atom is -0.542 e. The van der Waals surface area contributed by atoms with Crippen LogP contribution in [0.4, 0.5) is 23.7 Å². The Balaban J connectivity index is 0.000000872. The number of phenols is 1. The molecule has 11 nitrogen and oxygen atoms in total. The minimum atomic E-state index is -5.19. The molecule has 0 aromatic heterocycles. The first kappa shape index (κ1) is 39.6. The van der Waals surface area contributed by atoms with Crippen LogP contribution >= 0.6 is 11.6 Å². The number of hydrogen-bond donors (Lipinski definition) is 3. The number of likely N-dealkylation sites (N-methyl/N-ethyl adjacent to an activating group) is 1. The average Bonchev–Trinajstić information content (AvgIpc) is 3.02. The molecule has 1 aliphatic rings. The van der Waals surface area contributed by atoms with Gasteiger partial charge >= 0.3 is 18.2 Å². The van der Waals surface area contributed by atoms with Crippen LogP contribution in [0, 0.1) is 0 Å². The summed E-state index contributed by atoms with van der Waals surface area (Å²) in [6.07, 6.45) is -3.68. The Hall–Kier alpha value is -4.82. The number of carbonyl (C=O) groups excluding carboxylic acids is 4. The van der Waals surface area contributed by atoms with Gasteiger partial charge in [-0.15, -0.1) is 0 Å². The third-order valence-electron chi connectivity index (χ3n) is 7.97. The molecule has 0 saturated carbocycles. The number of halogens is 4. The fourth-order valence-corrected chi connectivity index (χ4v) is 5.84. The molecule has 3 atom stereocenters. The molecule has 15 heteroatoms. The number of carboxylic acid groups (broad SMARTS) is 1. The molecule has 0 spiro atoms. The van der Waals surface area contributed by atoms with Gasteiger partial charge in [0.25, 0.3) is 0 Å². The second-order valence-corrected chi connectivity index (χ2v) is 13.0. The van der Waals surface area contributed by atoms with Gasteiger partial charge in [-0.1, -0.05) is 35.9 Å². The molecular formula is C35H40ClF3N4O7. The number of ether oxygens (including phenoxy) is 1. The predicted molar refractivity (Wildman–Crippen MR) is 178 cm³/mol. The number of urea groups is 1. The SMILES string of the molecule is CC(C)OC(=O)c1ccc(NC(=O)N([C@@H]2CCC[N+](C)(Cc3ccc(Cl)cc3)C2)[C@@H](Cc2ccc(O)cc2)C(N)=O)cc1.O=C([O-])C(F)(F)F. The van der Waals surface area contributed by atoms with Crippen molar-refractivity contribution in [2.75, 3.05) is 25.5 Å². The number of piperidine rings is 1. The molecule has 1 unspecified atom stereocenters. The molecule has 0 radical (unpaired) electrons. The lowest BCUT2D eigenvalue weighted by molar-refractivity contribution is -0.928. The number of nitrogens with two attached hydrogens (primary N) is 1. The van der Waals surface area contributed by atoms with E-state index in [1.165, 1.54) is 0 Å². The number of aromatic hydroxyl groups is 1. The summed E-state index contributed by atoms with van der Waals surface area (Å²) in [5.41, 5.74) is 8.71. The fraction of sp³-hybridized carbons (Fsp3) is 0.371. The van der Waals surface area contributed by atoms with Crippen molar-refractivity contribution in [3.63, 3.8) is 0 Å². The Morgan fingerprint density at radius 2 is 1.58 bits per heavy atom. The molecule has 50 heavy (non-hydrogen) atoms. The third-order valence-corrected chi connectivity index (χ3v) is 8.22. The number of quaternary nitrogens is 1. The summed E-state index contributed by atoms with van der Waals surface area (Å²) in [4.78, 5) is 49.7. The van der Waals surface area contributed by atoms with Crippen molar-refractivity contribution in [3.05, 3.63) is 94.5 Å². The molecule has 1 heterocycles. The number of phenolic OH excluding ortho intramolecular Hbond substituents is 1. The number of benzene rings is 3. The molecule has 0 aliphatic carbocycles. The summed E-state index contributed by atoms with van der Waals surface area (Å²) in [5.74, 6) is -3.96. The van der Waals surface area contributed by atoms with Crippen LogP contribution < -0.4 is 16.2 Å². The molecule has 3 aromatic rings. The molecule has 1 aliphatic heterocycles. The zero-order valence-corrected chi connectivity index (χ0v) is 28.5. The van der Waals surface area contributed by atoms with Gasteiger partial charge in [0.2, 0.25) is 5.91 Å². The number of nitrogens with one attached hydrogen (secondary N) is 1. The molecule has 4 rings (SSSR count). The fourth-order valence-electron chi connectivity index (χ4n) is 5.71. The quantitative estimate of drug-likeness (QED) is 0.203. The van der Waals surface area contributed by atoms with E-state index in [-0.39, 0.29) is 24.3 Å². The maximum Gasteiger partial charge on any atom is 0.430 e. The molecule has 3 aromatic carbocycles. The minimum absolute atomic E-state index is 0.109. The van der Waals surface area contributed by atoms with E-state index in [1.807, 2.05) is 24.3 Å². The number of nitrogens with zero attached hydrogens (tertiary/aromatic N) is 2. The Bertz CT molecular complexity index is 1620. The van der Waals surface area contributed by atoms with E-state index in [2.05, 4.69) is 12.4 Å². The molecule has 4 N–H and O–H groups in total. The van der Waals surface area contributed by atoms with Crippen molar-refractivity contribution in [2.24, 2.45) is 5.73 Å². The normalized spacial score (nSPS) is 17.9. The summed E-state index contributed by atoms with van der Waals surface area (Å²) in [6.45, 7) is 5.84. The first-order chi connectivity index (χ1) is 23.4. The topological polar surface area (TPSA) is 162 Å². The summed E-state index contributed by atoms with van der Waals surface area (Å²) in [5, 5.41) is 22.1. The van der Waals surface area contributed by atoms with Crippen LogP contribution in [0.3, 0.4) is 0 Å². The Morgan fingerprint density at radius 3 is 2.10 bits per heavy atom. The van der Waals surface area contributed by atoms with Crippen LogP contribution in [-0.2, 0) is 27.3 Å². The van der Waals surface area contributed by atoms with Crippen LogP contribution in [0.15, 0.2) is 72.8 Å². The molecule has 3 amide bonds. The number of rotatable bonds is 10. The van der Waals surface area contributed by atoms with Crippen molar-refractivity contribution in [1.29, 1.82) is 0 Å². The van der Waals surface area contributed by atoms with Gasteiger partial charge in [0.05, 0.1) is 37.8 Å². The zero-order chi connectivity index (χ0) is 37.2. The number of alkyl halides is 3. The maximum absolute atomic E-state index is 14.0. The van der Waals surface area contributed by atoms with Gasteiger partial charge in [0, 0.05) is 22.7 Å². The maximum atomic E-state index is 14.0. The van der Waals surface area contributed by atoms with Crippen molar-refractivity contribution >= 4 is 41.2 Å². The number of hydrogen-bond acceptors (Lipinski definition) is 7. The van der Waals surface area contributed by atoms with E-state index in [9.17, 15) is 32.7 Å². The number of likely N-dealkylation sites (tertiary alicyclic amines) is 1. The number of anilines is 1. The van der Waals surface area contributed by atoms with Crippen LogP contribution in [0.25, 0.3) is 0 Å². The summed E-state index contributed by atoms with van der Waals surface area (Å²) >= 11 is 6.10. The second-order valence-electron chi connectivity index (χ2n) is 12.5. The number of amides is 3. The van der Waals surface area contributed by atoms with Crippen LogP contribution in [-0.4, -0.2) is 82.9 Å². The van der Waals surface area contributed by atoms with Crippen molar-refractivity contribution in [1.82, 2.24) is 4.90 Å². The lowest BCUT2D eigenvalue weighted by atomic mass is 9.96. The van der Waals surface area contributed by atoms with Gasteiger partial charge in [-0.25, -0.2) is 9.59 Å². The largest absolute Gasteiger partial charge is 0.542 e. The molecule has 1 saturated heterocycles. The number of aliphatic carboxylic acids is 1. The highest BCUT2D eigenvalue weighted by Gasteiger charge is 2.41. The van der Waals surface area contributed by atoms with E-state index >= 15 is 0 Å². The van der Waals surface area contributed by atoms with E-state index in [0.29, 0.717) is 33.7 Å². The second kappa shape index (κ2) is 17.2. The monoisotopic (exact) mass is 720 g/mol.